The predicted molar refractivity (Wildman–Crippen MR) is 113 cm³/mol. The molecule has 0 spiro atoms. The van der Waals surface area contributed by atoms with Crippen molar-refractivity contribution in [1.29, 1.82) is 0 Å². The molecule has 1 aliphatic heterocycles. The van der Waals surface area contributed by atoms with Crippen molar-refractivity contribution in [2.45, 2.75) is 4.90 Å². The molecule has 8 heteroatoms. The van der Waals surface area contributed by atoms with Crippen molar-refractivity contribution in [2.24, 2.45) is 0 Å². The van der Waals surface area contributed by atoms with Gasteiger partial charge in [-0.05, 0) is 28.1 Å². The van der Waals surface area contributed by atoms with Crippen molar-refractivity contribution < 1.29 is 30.3 Å². The number of sulfonamides is 1. The molecule has 0 N–H and O–H groups in total. The van der Waals surface area contributed by atoms with Crippen LogP contribution in [0, 0.1) is 0 Å². The maximum atomic E-state index is 12.7. The summed E-state index contributed by atoms with van der Waals surface area (Å²) in [7, 11) is -3.55. The fourth-order valence-electron chi connectivity index (χ4n) is 2.94. The molecule has 0 bridgehead atoms. The molecular formula is C21H21BrFeN2O3S. The third-order valence-electron chi connectivity index (χ3n) is 4.45. The number of piperazine rings is 1. The van der Waals surface area contributed by atoms with E-state index in [0.717, 1.165) is 0 Å². The van der Waals surface area contributed by atoms with Crippen LogP contribution in [-0.4, -0.2) is 49.7 Å². The number of rotatable bonds is 3. The minimum atomic E-state index is -3.55. The molecule has 1 heterocycles. The van der Waals surface area contributed by atoms with Gasteiger partial charge in [-0.15, -0.1) is 0 Å². The SMILES string of the molecule is O=C([c-]1cccc1)N1CCN(S(=O)(=O)c2ccccc2Br)CC1.[Fe+2].c1cc[cH-]c1. The topological polar surface area (TPSA) is 57.7 Å². The second-order valence-corrected chi connectivity index (χ2v) is 9.02. The smallest absolute Gasteiger partial charge is 0.346 e. The summed E-state index contributed by atoms with van der Waals surface area (Å²) in [6, 6.07) is 24.0. The Morgan fingerprint density at radius 3 is 2.03 bits per heavy atom. The zero-order chi connectivity index (χ0) is 20.0. The summed E-state index contributed by atoms with van der Waals surface area (Å²) in [5.74, 6) is -0.0482. The van der Waals surface area contributed by atoms with E-state index < -0.39 is 10.0 Å². The Morgan fingerprint density at radius 1 is 0.931 bits per heavy atom. The van der Waals surface area contributed by atoms with Crippen LogP contribution in [0.2, 0.25) is 0 Å². The van der Waals surface area contributed by atoms with Crippen molar-refractivity contribution >= 4 is 31.9 Å². The maximum Gasteiger partial charge on any atom is 2.00 e. The molecule has 1 saturated heterocycles. The van der Waals surface area contributed by atoms with Crippen molar-refractivity contribution in [3.05, 3.63) is 88.9 Å². The van der Waals surface area contributed by atoms with E-state index in [1.807, 2.05) is 42.5 Å². The van der Waals surface area contributed by atoms with E-state index in [1.165, 1.54) is 4.31 Å². The van der Waals surface area contributed by atoms with E-state index in [-0.39, 0.29) is 27.9 Å². The van der Waals surface area contributed by atoms with Crippen LogP contribution in [0.4, 0.5) is 0 Å². The van der Waals surface area contributed by atoms with E-state index in [4.69, 9.17) is 0 Å². The van der Waals surface area contributed by atoms with Crippen LogP contribution in [0.5, 0.6) is 0 Å². The van der Waals surface area contributed by atoms with Gasteiger partial charge in [-0.2, -0.15) is 34.6 Å². The van der Waals surface area contributed by atoms with Gasteiger partial charge in [0.15, 0.2) is 5.91 Å². The Hall–Kier alpha value is -1.70. The van der Waals surface area contributed by atoms with Gasteiger partial charge in [-0.25, -0.2) is 32.7 Å². The minimum Gasteiger partial charge on any atom is -0.346 e. The first kappa shape index (κ1) is 23.6. The van der Waals surface area contributed by atoms with Crippen LogP contribution >= 0.6 is 15.9 Å². The molecule has 0 unspecified atom stereocenters. The van der Waals surface area contributed by atoms with E-state index in [1.54, 1.807) is 41.3 Å². The Labute approximate surface area is 190 Å². The molecule has 154 valence electrons. The quantitative estimate of drug-likeness (QED) is 0.394. The van der Waals surface area contributed by atoms with Crippen LogP contribution in [0.1, 0.15) is 10.4 Å². The summed E-state index contributed by atoms with van der Waals surface area (Å²) in [4.78, 5) is 14.2. The molecule has 0 aliphatic carbocycles. The molecule has 29 heavy (non-hydrogen) atoms. The minimum absolute atomic E-state index is 0. The number of hydrogen-bond donors (Lipinski definition) is 0. The number of halogens is 1. The zero-order valence-corrected chi connectivity index (χ0v) is 19.1. The van der Waals surface area contributed by atoms with Crippen LogP contribution < -0.4 is 0 Å². The summed E-state index contributed by atoms with van der Waals surface area (Å²) in [6.45, 7) is 1.40. The van der Waals surface area contributed by atoms with Gasteiger partial charge < -0.3 is 4.90 Å². The standard InChI is InChI=1S/C16H16BrN2O3S.C5H5.Fe/c17-14-7-3-4-8-15(14)23(21,22)19-11-9-18(10-12-19)16(20)13-5-1-2-6-13;1-2-4-5-3-1;/h1-8H,9-12H2;1-5H;/q2*-1;+2. The predicted octanol–water partition coefficient (Wildman–Crippen LogP) is 3.72. The molecule has 3 aromatic rings. The van der Waals surface area contributed by atoms with Gasteiger partial charge in [0.05, 0.1) is 4.90 Å². The molecular weight excluding hydrogens is 496 g/mol. The molecule has 1 fully saturated rings. The molecule has 0 atom stereocenters. The Kier molecular flexibility index (Phi) is 8.86. The number of hydrogen-bond acceptors (Lipinski definition) is 3. The third-order valence-corrected chi connectivity index (χ3v) is 7.36. The molecule has 5 nitrogen and oxygen atoms in total. The van der Waals surface area contributed by atoms with Crippen molar-refractivity contribution in [3.63, 3.8) is 0 Å². The van der Waals surface area contributed by atoms with Crippen molar-refractivity contribution in [1.82, 2.24) is 9.21 Å². The average Bonchev–Trinajstić information content (AvgIpc) is 3.44. The van der Waals surface area contributed by atoms with E-state index in [9.17, 15) is 13.2 Å². The summed E-state index contributed by atoms with van der Waals surface area (Å²) in [6.07, 6.45) is 0. The summed E-state index contributed by atoms with van der Waals surface area (Å²) < 4.78 is 27.4. The normalized spacial score (nSPS) is 14.4. The number of amides is 1. The average molecular weight is 517 g/mol. The van der Waals surface area contributed by atoms with Crippen LogP contribution in [-0.2, 0) is 27.1 Å². The Bertz CT molecular complexity index is 964. The molecule has 3 aromatic carbocycles. The van der Waals surface area contributed by atoms with Crippen LogP contribution in [0.25, 0.3) is 0 Å². The molecule has 0 radical (unpaired) electrons. The van der Waals surface area contributed by atoms with Gasteiger partial charge >= 0.3 is 17.1 Å². The van der Waals surface area contributed by atoms with Crippen LogP contribution in [0.15, 0.2) is 88.2 Å². The second kappa shape index (κ2) is 10.9. The maximum absolute atomic E-state index is 12.7. The largest absolute Gasteiger partial charge is 2.00 e. The van der Waals surface area contributed by atoms with E-state index in [0.29, 0.717) is 36.2 Å². The molecule has 1 aliphatic rings. The van der Waals surface area contributed by atoms with Crippen molar-refractivity contribution in [2.75, 3.05) is 26.2 Å². The number of carbonyl (C=O) groups excluding carboxylic acids is 1. The molecule has 0 aromatic heterocycles. The van der Waals surface area contributed by atoms with E-state index in [2.05, 4.69) is 15.9 Å². The van der Waals surface area contributed by atoms with Crippen LogP contribution in [0.3, 0.4) is 0 Å². The molecule has 0 saturated carbocycles. The second-order valence-electron chi connectivity index (χ2n) is 6.26. The molecule has 4 rings (SSSR count). The zero-order valence-electron chi connectivity index (χ0n) is 15.6. The van der Waals surface area contributed by atoms with E-state index >= 15 is 0 Å². The fourth-order valence-corrected chi connectivity index (χ4v) is 5.33. The van der Waals surface area contributed by atoms with Gasteiger partial charge in [-0.1, -0.05) is 17.7 Å². The van der Waals surface area contributed by atoms with Gasteiger partial charge in [0, 0.05) is 30.7 Å². The molecule has 1 amide bonds. The monoisotopic (exact) mass is 516 g/mol. The number of carbonyl (C=O) groups is 1. The van der Waals surface area contributed by atoms with Gasteiger partial charge in [0.25, 0.3) is 0 Å². The van der Waals surface area contributed by atoms with Gasteiger partial charge in [-0.3, -0.25) is 4.79 Å². The summed E-state index contributed by atoms with van der Waals surface area (Å²) in [5.41, 5.74) is 0.645. The Morgan fingerprint density at radius 2 is 1.52 bits per heavy atom. The Balaban J connectivity index is 0.000000437. The van der Waals surface area contributed by atoms with Crippen molar-refractivity contribution in [3.8, 4) is 0 Å². The van der Waals surface area contributed by atoms with Gasteiger partial charge in [0.2, 0.25) is 10.0 Å². The summed E-state index contributed by atoms with van der Waals surface area (Å²) >= 11 is 3.29. The first-order chi connectivity index (χ1) is 13.5. The van der Waals surface area contributed by atoms with Gasteiger partial charge in [0.1, 0.15) is 0 Å². The fraction of sp³-hybridized carbons (Fsp3) is 0.190. The number of benzene rings is 1. The number of nitrogens with zero attached hydrogens (tertiary/aromatic N) is 2. The third kappa shape index (κ3) is 5.90. The first-order valence-corrected chi connectivity index (χ1v) is 11.2. The summed E-state index contributed by atoms with van der Waals surface area (Å²) in [5, 5.41) is 0. The first-order valence-electron chi connectivity index (χ1n) is 8.92.